The number of thiazole rings is 2. The van der Waals surface area contributed by atoms with Crippen LogP contribution >= 0.6 is 22.7 Å². The number of benzene rings is 2. The van der Waals surface area contributed by atoms with Gasteiger partial charge in [-0.2, -0.15) is 0 Å². The molecule has 4 aromatic rings. The lowest BCUT2D eigenvalue weighted by Crippen LogP contribution is -2.14. The van der Waals surface area contributed by atoms with E-state index in [1.54, 1.807) is 11.3 Å². The molecule has 2 aromatic heterocycles. The lowest BCUT2D eigenvalue weighted by atomic mass is 9.98. The molecule has 2 heterocycles. The minimum absolute atomic E-state index is 0.279. The molecule has 28 heavy (non-hydrogen) atoms. The van der Waals surface area contributed by atoms with Crippen molar-refractivity contribution in [2.75, 3.05) is 5.32 Å². The second-order valence-corrected chi connectivity index (χ2v) is 8.84. The molecule has 2 aromatic carbocycles. The van der Waals surface area contributed by atoms with Gasteiger partial charge in [-0.05, 0) is 48.2 Å². The SMILES string of the molecule is Cc1ccc(-c2nccs2)cc1-c1ccc2nc(NC(=O)C3CC3F)sc2c1. The van der Waals surface area contributed by atoms with Crippen LogP contribution in [0, 0.1) is 12.8 Å². The van der Waals surface area contributed by atoms with E-state index in [0.29, 0.717) is 11.6 Å². The first-order chi connectivity index (χ1) is 13.6. The topological polar surface area (TPSA) is 54.9 Å². The molecular weight excluding hydrogens is 393 g/mol. The Hall–Kier alpha value is -2.64. The minimum Gasteiger partial charge on any atom is -0.302 e. The van der Waals surface area contributed by atoms with E-state index < -0.39 is 12.1 Å². The molecule has 1 fully saturated rings. The normalized spacial score (nSPS) is 18.4. The number of hydrogen-bond acceptors (Lipinski definition) is 5. The van der Waals surface area contributed by atoms with Crippen molar-refractivity contribution in [3.05, 3.63) is 53.5 Å². The van der Waals surface area contributed by atoms with Gasteiger partial charge in [-0.3, -0.25) is 4.79 Å². The predicted octanol–water partition coefficient (Wildman–Crippen LogP) is 5.69. The minimum atomic E-state index is -1.01. The molecule has 0 saturated heterocycles. The zero-order chi connectivity index (χ0) is 19.3. The van der Waals surface area contributed by atoms with Gasteiger partial charge in [-0.15, -0.1) is 11.3 Å². The molecule has 1 aliphatic rings. The Morgan fingerprint density at radius 3 is 2.79 bits per heavy atom. The van der Waals surface area contributed by atoms with Crippen molar-refractivity contribution >= 4 is 43.9 Å². The average molecular weight is 410 g/mol. The van der Waals surface area contributed by atoms with Crippen molar-refractivity contribution in [3.63, 3.8) is 0 Å². The lowest BCUT2D eigenvalue weighted by Gasteiger charge is -2.08. The fourth-order valence-electron chi connectivity index (χ4n) is 3.21. The largest absolute Gasteiger partial charge is 0.302 e. The maximum absolute atomic E-state index is 13.1. The summed E-state index contributed by atoms with van der Waals surface area (Å²) in [5, 5.41) is 6.23. The number of amides is 1. The van der Waals surface area contributed by atoms with Crippen molar-refractivity contribution < 1.29 is 9.18 Å². The van der Waals surface area contributed by atoms with Gasteiger partial charge in [0.2, 0.25) is 5.91 Å². The molecule has 0 radical (unpaired) electrons. The molecular formula is C21H16FN3OS2. The Kier molecular flexibility index (Phi) is 4.21. The molecule has 140 valence electrons. The number of nitrogens with zero attached hydrogens (tertiary/aromatic N) is 2. The highest BCUT2D eigenvalue weighted by molar-refractivity contribution is 7.22. The first-order valence-corrected chi connectivity index (χ1v) is 10.6. The quantitative estimate of drug-likeness (QED) is 0.471. The Balaban J connectivity index is 1.48. The van der Waals surface area contributed by atoms with Gasteiger partial charge >= 0.3 is 0 Å². The van der Waals surface area contributed by atoms with Crippen LogP contribution in [0.4, 0.5) is 9.52 Å². The van der Waals surface area contributed by atoms with Crippen LogP contribution in [-0.2, 0) is 4.79 Å². The maximum Gasteiger partial charge on any atom is 0.232 e. The number of alkyl halides is 1. The highest BCUT2D eigenvalue weighted by Gasteiger charge is 2.43. The fraction of sp³-hybridized carbons (Fsp3) is 0.190. The summed E-state index contributed by atoms with van der Waals surface area (Å²) in [5.74, 6) is -0.794. The first kappa shape index (κ1) is 17.5. The third-order valence-corrected chi connectivity index (χ3v) is 6.65. The molecule has 1 aliphatic carbocycles. The van der Waals surface area contributed by atoms with E-state index in [0.717, 1.165) is 31.9 Å². The van der Waals surface area contributed by atoms with E-state index >= 15 is 0 Å². The predicted molar refractivity (Wildman–Crippen MR) is 113 cm³/mol. The van der Waals surface area contributed by atoms with Crippen LogP contribution in [-0.4, -0.2) is 22.0 Å². The molecule has 0 bridgehead atoms. The Morgan fingerprint density at radius 2 is 2.04 bits per heavy atom. The third kappa shape index (κ3) is 3.21. The summed E-state index contributed by atoms with van der Waals surface area (Å²) in [7, 11) is 0. The number of anilines is 1. The second-order valence-electron chi connectivity index (χ2n) is 6.92. The molecule has 0 spiro atoms. The molecule has 5 rings (SSSR count). The van der Waals surface area contributed by atoms with Crippen molar-refractivity contribution in [1.82, 2.24) is 9.97 Å². The molecule has 7 heteroatoms. The fourth-order valence-corrected chi connectivity index (χ4v) is 4.75. The van der Waals surface area contributed by atoms with E-state index in [1.165, 1.54) is 16.9 Å². The molecule has 2 atom stereocenters. The molecule has 4 nitrogen and oxygen atoms in total. The number of hydrogen-bond donors (Lipinski definition) is 1. The zero-order valence-corrected chi connectivity index (χ0v) is 16.6. The summed E-state index contributed by atoms with van der Waals surface area (Å²) in [6, 6.07) is 12.4. The average Bonchev–Trinajstić information content (AvgIpc) is 3.09. The van der Waals surface area contributed by atoms with E-state index in [-0.39, 0.29) is 5.91 Å². The number of aromatic nitrogens is 2. The molecule has 1 N–H and O–H groups in total. The number of aryl methyl sites for hydroxylation is 1. The van der Waals surface area contributed by atoms with Gasteiger partial charge in [-0.1, -0.05) is 29.5 Å². The number of fused-ring (bicyclic) bond motifs is 1. The summed E-state index contributed by atoms with van der Waals surface area (Å²) >= 11 is 3.03. The van der Waals surface area contributed by atoms with Gasteiger partial charge in [-0.25, -0.2) is 14.4 Å². The van der Waals surface area contributed by atoms with Crippen LogP contribution in [0.2, 0.25) is 0 Å². The van der Waals surface area contributed by atoms with E-state index in [2.05, 4.69) is 46.5 Å². The lowest BCUT2D eigenvalue weighted by molar-refractivity contribution is -0.117. The van der Waals surface area contributed by atoms with Crippen molar-refractivity contribution in [1.29, 1.82) is 0 Å². The molecule has 2 unspecified atom stereocenters. The number of nitrogens with one attached hydrogen (secondary N) is 1. The van der Waals surface area contributed by atoms with Gasteiger partial charge < -0.3 is 5.32 Å². The number of halogens is 1. The Labute approximate surface area is 169 Å². The molecule has 1 saturated carbocycles. The molecule has 0 aliphatic heterocycles. The maximum atomic E-state index is 13.1. The van der Waals surface area contributed by atoms with Gasteiger partial charge in [0.25, 0.3) is 0 Å². The number of rotatable bonds is 4. The Bertz CT molecular complexity index is 1190. The van der Waals surface area contributed by atoms with E-state index in [4.69, 9.17) is 0 Å². The van der Waals surface area contributed by atoms with Crippen LogP contribution < -0.4 is 5.32 Å². The summed E-state index contributed by atoms with van der Waals surface area (Å²) in [4.78, 5) is 20.8. The highest BCUT2D eigenvalue weighted by atomic mass is 32.1. The summed E-state index contributed by atoms with van der Waals surface area (Å²) in [6.07, 6.45) is 1.12. The second kappa shape index (κ2) is 6.76. The van der Waals surface area contributed by atoms with Crippen LogP contribution in [0.5, 0.6) is 0 Å². The van der Waals surface area contributed by atoms with Gasteiger partial charge in [0, 0.05) is 17.1 Å². The summed E-state index contributed by atoms with van der Waals surface area (Å²) in [6.45, 7) is 2.09. The van der Waals surface area contributed by atoms with Gasteiger partial charge in [0.15, 0.2) is 5.13 Å². The van der Waals surface area contributed by atoms with Crippen LogP contribution in [0.3, 0.4) is 0 Å². The van der Waals surface area contributed by atoms with Crippen LogP contribution in [0.25, 0.3) is 31.9 Å². The van der Waals surface area contributed by atoms with Crippen molar-refractivity contribution in [2.45, 2.75) is 19.5 Å². The molecule has 1 amide bonds. The standard InChI is InChI=1S/C21H16FN3OS2/c1-11-2-3-13(20-23-6-7-27-20)8-14(11)12-4-5-17-18(9-12)28-21(24-17)25-19(26)15-10-16(15)22/h2-9,15-16H,10H2,1H3,(H,24,25,26). The van der Waals surface area contributed by atoms with Gasteiger partial charge in [0.1, 0.15) is 11.2 Å². The van der Waals surface area contributed by atoms with Crippen LogP contribution in [0.15, 0.2) is 48.0 Å². The van der Waals surface area contributed by atoms with E-state index in [9.17, 15) is 9.18 Å². The third-order valence-electron chi connectivity index (χ3n) is 4.90. The summed E-state index contributed by atoms with van der Waals surface area (Å²) < 4.78 is 14.1. The summed E-state index contributed by atoms with van der Waals surface area (Å²) in [5.41, 5.74) is 5.34. The number of carbonyl (C=O) groups excluding carboxylic acids is 1. The van der Waals surface area contributed by atoms with Crippen molar-refractivity contribution in [3.8, 4) is 21.7 Å². The smallest absolute Gasteiger partial charge is 0.232 e. The zero-order valence-electron chi connectivity index (χ0n) is 15.0. The number of carbonyl (C=O) groups is 1. The van der Waals surface area contributed by atoms with Gasteiger partial charge in [0.05, 0.1) is 16.1 Å². The van der Waals surface area contributed by atoms with E-state index in [1.807, 2.05) is 23.7 Å². The van der Waals surface area contributed by atoms with Crippen LogP contribution in [0.1, 0.15) is 12.0 Å². The van der Waals surface area contributed by atoms with Crippen molar-refractivity contribution in [2.24, 2.45) is 5.92 Å². The first-order valence-electron chi connectivity index (χ1n) is 8.95. The highest BCUT2D eigenvalue weighted by Crippen LogP contribution is 2.37. The Morgan fingerprint density at radius 1 is 1.21 bits per heavy atom. The monoisotopic (exact) mass is 409 g/mol.